The van der Waals surface area contributed by atoms with Gasteiger partial charge in [0.05, 0.1) is 10.0 Å². The van der Waals surface area contributed by atoms with Crippen molar-refractivity contribution < 1.29 is 10.2 Å². The summed E-state index contributed by atoms with van der Waals surface area (Å²) in [5.41, 5.74) is 6.36. The Kier molecular flexibility index (Phi) is 5.79. The Bertz CT molecular complexity index is 811. The summed E-state index contributed by atoms with van der Waals surface area (Å²) in [5, 5.41) is 9.81. The van der Waals surface area contributed by atoms with E-state index in [-0.39, 0.29) is 6.04 Å². The molecule has 0 bridgehead atoms. The second kappa shape index (κ2) is 8.03. The van der Waals surface area contributed by atoms with Gasteiger partial charge in [-0.1, -0.05) is 71.4 Å². The molecule has 3 N–H and O–H groups in total. The van der Waals surface area contributed by atoms with Crippen molar-refractivity contribution in [1.29, 1.82) is 0 Å². The largest absolute Gasteiger partial charge is 0.410 e. The molecule has 0 saturated carbocycles. The molecule has 0 saturated heterocycles. The van der Waals surface area contributed by atoms with E-state index >= 15 is 0 Å². The van der Waals surface area contributed by atoms with Gasteiger partial charge in [0.15, 0.2) is 6.04 Å². The first-order valence-corrected chi connectivity index (χ1v) is 9.13. The molecule has 1 unspecified atom stereocenters. The molecule has 1 aromatic heterocycles. The Morgan fingerprint density at radius 3 is 2.54 bits per heavy atom. The van der Waals surface area contributed by atoms with Crippen molar-refractivity contribution in [3.05, 3.63) is 75.6 Å². The zero-order chi connectivity index (χ0) is 16.9. The summed E-state index contributed by atoms with van der Waals surface area (Å²) in [6.45, 7) is 0. The second-order valence-electron chi connectivity index (χ2n) is 5.33. The Hall–Kier alpha value is -1.53. The summed E-state index contributed by atoms with van der Waals surface area (Å²) in [7, 11) is 0. The Morgan fingerprint density at radius 1 is 1.00 bits per heavy atom. The molecule has 0 amide bonds. The smallest absolute Gasteiger partial charge is 0.277 e. The highest BCUT2D eigenvalue weighted by molar-refractivity contribution is 7.98. The molecule has 3 rings (SSSR count). The molecule has 1 heterocycles. The molecule has 3 aromatic rings. The van der Waals surface area contributed by atoms with Crippen molar-refractivity contribution in [2.24, 2.45) is 0 Å². The summed E-state index contributed by atoms with van der Waals surface area (Å²) < 4.78 is 5.71. The molecule has 24 heavy (non-hydrogen) atoms. The molecule has 0 fully saturated rings. The van der Waals surface area contributed by atoms with Crippen LogP contribution in [0.2, 0.25) is 10.0 Å². The number of nitrogens with zero attached hydrogens (tertiary/aromatic N) is 2. The molecule has 4 nitrogen and oxygen atoms in total. The first-order valence-electron chi connectivity index (χ1n) is 7.39. The van der Waals surface area contributed by atoms with Crippen LogP contribution in [-0.2, 0) is 12.2 Å². The summed E-state index contributed by atoms with van der Waals surface area (Å²) in [4.78, 5) is 0. The number of aromatic nitrogens is 2. The number of rotatable bonds is 6. The Labute approximate surface area is 154 Å². The van der Waals surface area contributed by atoms with E-state index in [0.29, 0.717) is 26.9 Å². The van der Waals surface area contributed by atoms with Gasteiger partial charge in [0.1, 0.15) is 0 Å². The number of hydrogen-bond donors (Lipinski definition) is 1. The molecule has 0 aliphatic heterocycles. The van der Waals surface area contributed by atoms with Crippen LogP contribution in [0.25, 0.3) is 0 Å². The molecule has 7 heteroatoms. The standard InChI is InChI=1S/C17H15Cl2N3OS/c18-13-7-6-12(8-14(13)19)10-24-17-22-21-16(23-17)15(20)9-11-4-2-1-3-5-11/h1-8,15H,9-10,20H2/p+1. The second-order valence-corrected chi connectivity index (χ2v) is 7.07. The van der Waals surface area contributed by atoms with E-state index in [1.54, 1.807) is 6.07 Å². The summed E-state index contributed by atoms with van der Waals surface area (Å²) in [6.07, 6.45) is 0.764. The van der Waals surface area contributed by atoms with E-state index in [1.807, 2.05) is 30.3 Å². The molecular weight excluding hydrogens is 365 g/mol. The van der Waals surface area contributed by atoms with Gasteiger partial charge >= 0.3 is 0 Å². The minimum atomic E-state index is -0.0702. The third-order valence-electron chi connectivity index (χ3n) is 3.44. The SMILES string of the molecule is [NH3+]C(Cc1ccccc1)c1nnc(SCc2ccc(Cl)c(Cl)c2)o1. The minimum absolute atomic E-state index is 0.0702. The highest BCUT2D eigenvalue weighted by Crippen LogP contribution is 2.27. The van der Waals surface area contributed by atoms with E-state index in [2.05, 4.69) is 28.1 Å². The molecule has 0 radical (unpaired) electrons. The van der Waals surface area contributed by atoms with Crippen molar-refractivity contribution in [1.82, 2.24) is 10.2 Å². The van der Waals surface area contributed by atoms with Crippen LogP contribution in [0.3, 0.4) is 0 Å². The lowest BCUT2D eigenvalue weighted by Crippen LogP contribution is -2.54. The van der Waals surface area contributed by atoms with Gasteiger partial charge in [-0.2, -0.15) is 0 Å². The number of halogens is 2. The molecule has 2 aromatic carbocycles. The lowest BCUT2D eigenvalue weighted by Gasteiger charge is -2.03. The molecule has 0 aliphatic rings. The summed E-state index contributed by atoms with van der Waals surface area (Å²) in [6, 6.07) is 15.6. The zero-order valence-corrected chi connectivity index (χ0v) is 15.1. The number of thioether (sulfide) groups is 1. The highest BCUT2D eigenvalue weighted by Gasteiger charge is 2.18. The first kappa shape index (κ1) is 17.3. The minimum Gasteiger partial charge on any atom is -0.410 e. The third kappa shape index (κ3) is 4.51. The predicted octanol–water partition coefficient (Wildman–Crippen LogP) is 4.19. The van der Waals surface area contributed by atoms with Crippen molar-refractivity contribution in [3.63, 3.8) is 0 Å². The molecule has 0 spiro atoms. The Balaban J connectivity index is 1.59. The normalized spacial score (nSPS) is 12.3. The van der Waals surface area contributed by atoms with Gasteiger partial charge in [-0.25, -0.2) is 0 Å². The van der Waals surface area contributed by atoms with E-state index in [4.69, 9.17) is 27.6 Å². The average molecular weight is 381 g/mol. The van der Waals surface area contributed by atoms with Gasteiger partial charge in [-0.3, -0.25) is 0 Å². The zero-order valence-electron chi connectivity index (χ0n) is 12.8. The number of benzene rings is 2. The molecule has 124 valence electrons. The lowest BCUT2D eigenvalue weighted by atomic mass is 10.1. The van der Waals surface area contributed by atoms with Crippen LogP contribution in [0.4, 0.5) is 0 Å². The van der Waals surface area contributed by atoms with Gasteiger partial charge in [-0.15, -0.1) is 10.2 Å². The van der Waals surface area contributed by atoms with Crippen molar-refractivity contribution in [3.8, 4) is 0 Å². The van der Waals surface area contributed by atoms with Crippen LogP contribution in [0.5, 0.6) is 0 Å². The maximum atomic E-state index is 6.02. The van der Waals surface area contributed by atoms with Gasteiger partial charge in [0.2, 0.25) is 0 Å². The van der Waals surface area contributed by atoms with Crippen LogP contribution >= 0.6 is 35.0 Å². The van der Waals surface area contributed by atoms with Crippen LogP contribution < -0.4 is 5.73 Å². The van der Waals surface area contributed by atoms with E-state index in [1.165, 1.54) is 17.3 Å². The number of quaternary nitrogens is 1. The van der Waals surface area contributed by atoms with Gasteiger partial charge in [-0.05, 0) is 23.3 Å². The van der Waals surface area contributed by atoms with Gasteiger partial charge < -0.3 is 10.2 Å². The summed E-state index contributed by atoms with van der Waals surface area (Å²) >= 11 is 13.4. The van der Waals surface area contributed by atoms with Gasteiger partial charge in [0, 0.05) is 12.2 Å². The fourth-order valence-corrected chi connectivity index (χ4v) is 3.24. The fraction of sp³-hybridized carbons (Fsp3) is 0.176. The molecular formula is C17H16Cl2N3OS+. The molecule has 0 aliphatic carbocycles. The Morgan fingerprint density at radius 2 is 1.79 bits per heavy atom. The van der Waals surface area contributed by atoms with Crippen molar-refractivity contribution >= 4 is 35.0 Å². The van der Waals surface area contributed by atoms with Gasteiger partial charge in [0.25, 0.3) is 11.1 Å². The average Bonchev–Trinajstić information content (AvgIpc) is 3.06. The summed E-state index contributed by atoms with van der Waals surface area (Å²) in [5.74, 6) is 1.23. The maximum Gasteiger partial charge on any atom is 0.277 e. The van der Waals surface area contributed by atoms with E-state index in [9.17, 15) is 0 Å². The van der Waals surface area contributed by atoms with Crippen molar-refractivity contribution in [2.45, 2.75) is 23.4 Å². The predicted molar refractivity (Wildman–Crippen MR) is 96.1 cm³/mol. The maximum absolute atomic E-state index is 6.02. The molecule has 1 atom stereocenters. The quantitative estimate of drug-likeness (QED) is 0.650. The van der Waals surface area contributed by atoms with Crippen LogP contribution in [0.1, 0.15) is 23.1 Å². The van der Waals surface area contributed by atoms with Crippen LogP contribution in [-0.4, -0.2) is 10.2 Å². The monoisotopic (exact) mass is 380 g/mol. The van der Waals surface area contributed by atoms with E-state index < -0.39 is 0 Å². The number of hydrogen-bond acceptors (Lipinski definition) is 4. The lowest BCUT2D eigenvalue weighted by molar-refractivity contribution is -0.431. The first-order chi connectivity index (χ1) is 11.6. The van der Waals surface area contributed by atoms with Crippen LogP contribution in [0.15, 0.2) is 58.2 Å². The van der Waals surface area contributed by atoms with Crippen molar-refractivity contribution in [2.75, 3.05) is 0 Å². The van der Waals surface area contributed by atoms with E-state index in [0.717, 1.165) is 12.0 Å². The fourth-order valence-electron chi connectivity index (χ4n) is 2.20. The van der Waals surface area contributed by atoms with Crippen LogP contribution in [0, 0.1) is 0 Å². The third-order valence-corrected chi connectivity index (χ3v) is 5.07. The highest BCUT2D eigenvalue weighted by atomic mass is 35.5. The topological polar surface area (TPSA) is 66.6 Å².